The maximum atomic E-state index is 12.2. The molecule has 0 unspecified atom stereocenters. The molecular weight excluding hydrogens is 304 g/mol. The summed E-state index contributed by atoms with van der Waals surface area (Å²) in [7, 11) is 0. The van der Waals surface area contributed by atoms with Gasteiger partial charge in [0.15, 0.2) is 0 Å². The highest BCUT2D eigenvalue weighted by Crippen LogP contribution is 2.23. The molecule has 2 aromatic rings. The van der Waals surface area contributed by atoms with E-state index in [4.69, 9.17) is 0 Å². The van der Waals surface area contributed by atoms with Gasteiger partial charge in [0.1, 0.15) is 5.69 Å². The van der Waals surface area contributed by atoms with Gasteiger partial charge in [-0.3, -0.25) is 4.79 Å². The van der Waals surface area contributed by atoms with Crippen molar-refractivity contribution in [2.24, 2.45) is 0 Å². The number of hydrogen-bond donors (Lipinski definition) is 2. The zero-order chi connectivity index (χ0) is 13.8. The zero-order valence-corrected chi connectivity index (χ0v) is 12.7. The minimum atomic E-state index is -0.110. The summed E-state index contributed by atoms with van der Waals surface area (Å²) in [6.07, 6.45) is 3.55. The fourth-order valence-corrected chi connectivity index (χ4v) is 2.43. The lowest BCUT2D eigenvalue weighted by Gasteiger charge is -2.13. The number of carbonyl (C=O) groups is 1. The predicted molar refractivity (Wildman–Crippen MR) is 81.6 cm³/mol. The second kappa shape index (κ2) is 6.06. The van der Waals surface area contributed by atoms with Gasteiger partial charge in [-0.15, -0.1) is 0 Å². The van der Waals surface area contributed by atoms with Crippen molar-refractivity contribution < 1.29 is 4.79 Å². The average Bonchev–Trinajstić information content (AvgIpc) is 2.85. The van der Waals surface area contributed by atoms with Crippen LogP contribution >= 0.6 is 15.9 Å². The van der Waals surface area contributed by atoms with Crippen molar-refractivity contribution in [1.82, 2.24) is 4.98 Å². The van der Waals surface area contributed by atoms with E-state index in [2.05, 4.69) is 52.2 Å². The molecule has 0 aliphatic carbocycles. The van der Waals surface area contributed by atoms with E-state index in [1.165, 1.54) is 11.1 Å². The number of halogens is 1. The van der Waals surface area contributed by atoms with Gasteiger partial charge in [-0.25, -0.2) is 0 Å². The van der Waals surface area contributed by atoms with Crippen molar-refractivity contribution in [3.05, 3.63) is 51.8 Å². The third-order valence-corrected chi connectivity index (χ3v) is 3.59. The van der Waals surface area contributed by atoms with Crippen molar-refractivity contribution in [3.8, 4) is 0 Å². The number of benzene rings is 1. The van der Waals surface area contributed by atoms with Crippen LogP contribution in [0, 0.1) is 0 Å². The number of H-pyrrole nitrogens is 1. The van der Waals surface area contributed by atoms with Crippen LogP contribution in [-0.2, 0) is 12.8 Å². The summed E-state index contributed by atoms with van der Waals surface area (Å²) in [5.74, 6) is -0.110. The van der Waals surface area contributed by atoms with Crippen LogP contribution in [-0.4, -0.2) is 10.9 Å². The smallest absolute Gasteiger partial charge is 0.272 e. The van der Waals surface area contributed by atoms with Gasteiger partial charge in [0.25, 0.3) is 5.91 Å². The normalized spacial score (nSPS) is 10.5. The summed E-state index contributed by atoms with van der Waals surface area (Å²) in [6, 6.07) is 7.92. The van der Waals surface area contributed by atoms with E-state index in [0.29, 0.717) is 5.69 Å². The molecule has 3 nitrogen and oxygen atoms in total. The first kappa shape index (κ1) is 13.9. The maximum Gasteiger partial charge on any atom is 0.272 e. The minimum absolute atomic E-state index is 0.110. The molecule has 2 N–H and O–H groups in total. The molecule has 19 heavy (non-hydrogen) atoms. The number of aryl methyl sites for hydroxylation is 2. The van der Waals surface area contributed by atoms with E-state index in [-0.39, 0.29) is 5.91 Å². The van der Waals surface area contributed by atoms with Crippen LogP contribution in [0.2, 0.25) is 0 Å². The van der Waals surface area contributed by atoms with Gasteiger partial charge in [-0.1, -0.05) is 32.0 Å². The third kappa shape index (κ3) is 3.07. The van der Waals surface area contributed by atoms with Crippen LogP contribution in [0.1, 0.15) is 35.5 Å². The van der Waals surface area contributed by atoms with Gasteiger partial charge in [-0.05, 0) is 46.0 Å². The first-order valence-electron chi connectivity index (χ1n) is 6.41. The van der Waals surface area contributed by atoms with E-state index in [1.54, 1.807) is 12.3 Å². The van der Waals surface area contributed by atoms with Gasteiger partial charge >= 0.3 is 0 Å². The highest BCUT2D eigenvalue weighted by molar-refractivity contribution is 9.10. The summed E-state index contributed by atoms with van der Waals surface area (Å²) in [4.78, 5) is 15.1. The second-order valence-corrected chi connectivity index (χ2v) is 5.26. The van der Waals surface area contributed by atoms with Gasteiger partial charge in [0, 0.05) is 16.4 Å². The minimum Gasteiger partial charge on any atom is -0.356 e. The Morgan fingerprint density at radius 2 is 1.89 bits per heavy atom. The molecule has 0 aliphatic rings. The van der Waals surface area contributed by atoms with E-state index < -0.39 is 0 Å². The Labute approximate surface area is 121 Å². The lowest BCUT2D eigenvalue weighted by atomic mass is 10.0. The number of aromatic nitrogens is 1. The van der Waals surface area contributed by atoms with Crippen molar-refractivity contribution in [3.63, 3.8) is 0 Å². The summed E-state index contributed by atoms with van der Waals surface area (Å²) in [6.45, 7) is 4.19. The second-order valence-electron chi connectivity index (χ2n) is 4.34. The molecule has 1 amide bonds. The molecule has 0 spiro atoms. The number of anilines is 1. The molecule has 0 atom stereocenters. The third-order valence-electron chi connectivity index (χ3n) is 3.13. The summed E-state index contributed by atoms with van der Waals surface area (Å²) < 4.78 is 0.872. The molecule has 100 valence electrons. The molecule has 0 aliphatic heterocycles. The van der Waals surface area contributed by atoms with Crippen molar-refractivity contribution in [2.45, 2.75) is 26.7 Å². The molecule has 0 radical (unpaired) electrons. The Morgan fingerprint density at radius 1 is 1.26 bits per heavy atom. The number of carbonyl (C=O) groups excluding carboxylic acids is 1. The summed E-state index contributed by atoms with van der Waals surface area (Å²) in [5.41, 5.74) is 3.83. The molecular formula is C15H17BrN2O. The Morgan fingerprint density at radius 3 is 2.37 bits per heavy atom. The van der Waals surface area contributed by atoms with Crippen molar-refractivity contribution in [1.29, 1.82) is 0 Å². The lowest BCUT2D eigenvalue weighted by Crippen LogP contribution is -2.15. The number of rotatable bonds is 4. The monoisotopic (exact) mass is 320 g/mol. The first-order valence-corrected chi connectivity index (χ1v) is 7.21. The lowest BCUT2D eigenvalue weighted by molar-refractivity contribution is 0.102. The Bertz CT molecular complexity index is 567. The van der Waals surface area contributed by atoms with E-state index in [1.807, 2.05) is 6.07 Å². The molecule has 1 heterocycles. The van der Waals surface area contributed by atoms with E-state index >= 15 is 0 Å². The topological polar surface area (TPSA) is 44.9 Å². The Kier molecular flexibility index (Phi) is 4.43. The molecule has 2 rings (SSSR count). The fourth-order valence-electron chi connectivity index (χ4n) is 2.08. The van der Waals surface area contributed by atoms with Gasteiger partial charge in [0.2, 0.25) is 0 Å². The molecule has 0 saturated heterocycles. The van der Waals surface area contributed by atoms with Crippen molar-refractivity contribution in [2.75, 3.05) is 5.32 Å². The van der Waals surface area contributed by atoms with Gasteiger partial charge in [-0.2, -0.15) is 0 Å². The Balaban J connectivity index is 2.30. The summed E-state index contributed by atoms with van der Waals surface area (Å²) in [5, 5.41) is 3.02. The fraction of sp³-hybridized carbons (Fsp3) is 0.267. The van der Waals surface area contributed by atoms with Gasteiger partial charge in [0.05, 0.1) is 0 Å². The number of para-hydroxylation sites is 1. The van der Waals surface area contributed by atoms with Crippen LogP contribution < -0.4 is 5.32 Å². The summed E-state index contributed by atoms with van der Waals surface area (Å²) >= 11 is 3.33. The SMILES string of the molecule is CCc1cccc(CC)c1NC(=O)c1cc(Br)c[nH]1. The Hall–Kier alpha value is -1.55. The average molecular weight is 321 g/mol. The van der Waals surface area contributed by atoms with Crippen LogP contribution in [0.3, 0.4) is 0 Å². The quantitative estimate of drug-likeness (QED) is 0.873. The molecule has 0 bridgehead atoms. The zero-order valence-electron chi connectivity index (χ0n) is 11.1. The number of hydrogen-bond acceptors (Lipinski definition) is 1. The van der Waals surface area contributed by atoms with Crippen LogP contribution in [0.4, 0.5) is 5.69 Å². The first-order chi connectivity index (χ1) is 9.15. The molecule has 1 aromatic heterocycles. The van der Waals surface area contributed by atoms with E-state index in [0.717, 1.165) is 23.0 Å². The highest BCUT2D eigenvalue weighted by Gasteiger charge is 2.12. The largest absolute Gasteiger partial charge is 0.356 e. The van der Waals surface area contributed by atoms with Crippen LogP contribution in [0.15, 0.2) is 34.9 Å². The maximum absolute atomic E-state index is 12.2. The number of aromatic amines is 1. The number of amides is 1. The highest BCUT2D eigenvalue weighted by atomic mass is 79.9. The van der Waals surface area contributed by atoms with Crippen molar-refractivity contribution >= 4 is 27.5 Å². The number of nitrogens with one attached hydrogen (secondary N) is 2. The van der Waals surface area contributed by atoms with Gasteiger partial charge < -0.3 is 10.3 Å². The molecule has 1 aromatic carbocycles. The van der Waals surface area contributed by atoms with E-state index in [9.17, 15) is 4.79 Å². The predicted octanol–water partition coefficient (Wildman–Crippen LogP) is 4.15. The standard InChI is InChI=1S/C15H17BrN2O/c1-3-10-6-5-7-11(4-2)14(10)18-15(19)13-8-12(16)9-17-13/h5-9,17H,3-4H2,1-2H3,(H,18,19). The molecule has 0 fully saturated rings. The van der Waals surface area contributed by atoms with Crippen LogP contribution in [0.25, 0.3) is 0 Å². The molecule has 4 heteroatoms. The van der Waals surface area contributed by atoms with Crippen LogP contribution in [0.5, 0.6) is 0 Å². The molecule has 0 saturated carbocycles.